The van der Waals surface area contributed by atoms with Crippen LogP contribution in [0.5, 0.6) is 0 Å². The van der Waals surface area contributed by atoms with Crippen LogP contribution in [0.4, 0.5) is 11.4 Å². The Morgan fingerprint density at radius 3 is 2.95 bits per heavy atom. The summed E-state index contributed by atoms with van der Waals surface area (Å²) in [5.41, 5.74) is 0.824. The Kier molecular flexibility index (Phi) is 5.31. The lowest BCUT2D eigenvalue weighted by atomic mass is 10.2. The number of nitro benzene ring substituents is 1. The third-order valence-electron chi connectivity index (χ3n) is 3.59. The molecule has 2 rings (SSSR count). The van der Waals surface area contributed by atoms with Crippen molar-refractivity contribution < 1.29 is 9.66 Å². The Hall–Kier alpha value is -1.66. The number of hydrogen-bond donors (Lipinski definition) is 1. The van der Waals surface area contributed by atoms with Gasteiger partial charge in [-0.2, -0.15) is 0 Å². The van der Waals surface area contributed by atoms with Crippen LogP contribution in [0.15, 0.2) is 24.3 Å². The molecule has 1 aliphatic rings. The summed E-state index contributed by atoms with van der Waals surface area (Å²) in [6, 6.07) is 7.29. The number of para-hydroxylation sites is 2. The molecule has 1 saturated heterocycles. The third-order valence-corrected chi connectivity index (χ3v) is 3.59. The van der Waals surface area contributed by atoms with Crippen molar-refractivity contribution in [2.24, 2.45) is 0 Å². The zero-order valence-electron chi connectivity index (χ0n) is 11.7. The van der Waals surface area contributed by atoms with Crippen LogP contribution in [0, 0.1) is 10.1 Å². The highest BCUT2D eigenvalue weighted by Crippen LogP contribution is 2.28. The second kappa shape index (κ2) is 7.21. The quantitative estimate of drug-likeness (QED) is 0.609. The molecule has 1 atom stereocenters. The molecule has 6 heteroatoms. The molecule has 0 bridgehead atoms. The first-order valence-electron chi connectivity index (χ1n) is 6.93. The predicted octanol–water partition coefficient (Wildman–Crippen LogP) is 1.80. The summed E-state index contributed by atoms with van der Waals surface area (Å²) in [4.78, 5) is 12.9. The number of nitrogens with zero attached hydrogens (tertiary/aromatic N) is 2. The minimum absolute atomic E-state index is 0.154. The average Bonchev–Trinajstić information content (AvgIpc) is 2.96. The van der Waals surface area contributed by atoms with Crippen molar-refractivity contribution in [2.75, 3.05) is 38.3 Å². The van der Waals surface area contributed by atoms with Crippen LogP contribution in [-0.4, -0.2) is 44.3 Å². The number of nitro groups is 1. The molecule has 20 heavy (non-hydrogen) atoms. The Bertz CT molecular complexity index is 447. The summed E-state index contributed by atoms with van der Waals surface area (Å²) < 4.78 is 5.13. The molecule has 0 amide bonds. The molecule has 110 valence electrons. The lowest BCUT2D eigenvalue weighted by Crippen LogP contribution is -2.39. The van der Waals surface area contributed by atoms with Gasteiger partial charge in [-0.1, -0.05) is 12.1 Å². The van der Waals surface area contributed by atoms with Crippen molar-refractivity contribution in [3.05, 3.63) is 34.4 Å². The molecule has 0 saturated carbocycles. The largest absolute Gasteiger partial charge is 0.383 e. The van der Waals surface area contributed by atoms with E-state index in [0.717, 1.165) is 19.5 Å². The summed E-state index contributed by atoms with van der Waals surface area (Å²) in [5, 5.41) is 14.6. The van der Waals surface area contributed by atoms with E-state index in [0.29, 0.717) is 24.9 Å². The lowest BCUT2D eigenvalue weighted by molar-refractivity contribution is -0.384. The number of benzene rings is 1. The van der Waals surface area contributed by atoms with Gasteiger partial charge in [-0.15, -0.1) is 0 Å². The molecule has 1 N–H and O–H groups in total. The summed E-state index contributed by atoms with van der Waals surface area (Å²) >= 11 is 0. The van der Waals surface area contributed by atoms with Crippen LogP contribution >= 0.6 is 0 Å². The highest BCUT2D eigenvalue weighted by Gasteiger charge is 2.23. The van der Waals surface area contributed by atoms with Crippen LogP contribution in [0.25, 0.3) is 0 Å². The van der Waals surface area contributed by atoms with Crippen molar-refractivity contribution in [2.45, 2.75) is 18.9 Å². The monoisotopic (exact) mass is 279 g/mol. The lowest BCUT2D eigenvalue weighted by Gasteiger charge is -2.27. The zero-order valence-corrected chi connectivity index (χ0v) is 11.7. The highest BCUT2D eigenvalue weighted by atomic mass is 16.6. The van der Waals surface area contributed by atoms with E-state index in [1.165, 1.54) is 6.42 Å². The van der Waals surface area contributed by atoms with Crippen LogP contribution in [0.3, 0.4) is 0 Å². The number of rotatable bonds is 7. The average molecular weight is 279 g/mol. The molecule has 1 heterocycles. The maximum atomic E-state index is 11.2. The summed E-state index contributed by atoms with van der Waals surface area (Å²) in [6.45, 7) is 3.01. The van der Waals surface area contributed by atoms with Crippen molar-refractivity contribution in [1.29, 1.82) is 0 Å². The number of anilines is 1. The Morgan fingerprint density at radius 2 is 2.30 bits per heavy atom. The fourth-order valence-corrected chi connectivity index (χ4v) is 2.58. The molecule has 0 aliphatic carbocycles. The fourth-order valence-electron chi connectivity index (χ4n) is 2.58. The molecular formula is C14H21N3O3. The maximum absolute atomic E-state index is 11.2. The normalized spacial score (nSPS) is 18.1. The Labute approximate surface area is 118 Å². The number of ether oxygens (including phenoxy) is 1. The van der Waals surface area contributed by atoms with Gasteiger partial charge in [-0.3, -0.25) is 10.1 Å². The van der Waals surface area contributed by atoms with Gasteiger partial charge in [0, 0.05) is 32.3 Å². The van der Waals surface area contributed by atoms with E-state index in [9.17, 15) is 10.1 Å². The second-order valence-electron chi connectivity index (χ2n) is 4.98. The number of methoxy groups -OCH3 is 1. The van der Waals surface area contributed by atoms with Gasteiger partial charge in [-0.05, 0) is 25.5 Å². The Balaban J connectivity index is 2.18. The summed E-state index contributed by atoms with van der Waals surface area (Å²) in [5.74, 6) is 0. The van der Waals surface area contributed by atoms with E-state index in [1.807, 2.05) is 17.0 Å². The van der Waals surface area contributed by atoms with Gasteiger partial charge in [-0.25, -0.2) is 0 Å². The van der Waals surface area contributed by atoms with Crippen molar-refractivity contribution in [3.8, 4) is 0 Å². The standard InChI is InChI=1S/C14H21N3O3/c1-20-10-9-16(11-12-5-4-8-15-12)13-6-2-3-7-14(13)17(18)19/h2-3,6-7,12,15H,4-5,8-11H2,1H3. The molecular weight excluding hydrogens is 258 g/mol. The molecule has 0 radical (unpaired) electrons. The van der Waals surface area contributed by atoms with E-state index >= 15 is 0 Å². The Morgan fingerprint density at radius 1 is 1.50 bits per heavy atom. The van der Waals surface area contributed by atoms with Crippen LogP contribution in [-0.2, 0) is 4.74 Å². The first-order valence-corrected chi connectivity index (χ1v) is 6.93. The SMILES string of the molecule is COCCN(CC1CCCN1)c1ccccc1[N+](=O)[O-]. The van der Waals surface area contributed by atoms with Gasteiger partial charge in [0.25, 0.3) is 5.69 Å². The minimum Gasteiger partial charge on any atom is -0.383 e. The smallest absolute Gasteiger partial charge is 0.292 e. The van der Waals surface area contributed by atoms with Gasteiger partial charge < -0.3 is 15.0 Å². The van der Waals surface area contributed by atoms with Gasteiger partial charge >= 0.3 is 0 Å². The van der Waals surface area contributed by atoms with Gasteiger partial charge in [0.15, 0.2) is 0 Å². The van der Waals surface area contributed by atoms with E-state index in [-0.39, 0.29) is 10.6 Å². The molecule has 6 nitrogen and oxygen atoms in total. The second-order valence-corrected chi connectivity index (χ2v) is 4.98. The van der Waals surface area contributed by atoms with Gasteiger partial charge in [0.2, 0.25) is 0 Å². The molecule has 1 unspecified atom stereocenters. The topological polar surface area (TPSA) is 67.6 Å². The van der Waals surface area contributed by atoms with Gasteiger partial charge in [0.05, 0.1) is 11.5 Å². The predicted molar refractivity (Wildman–Crippen MR) is 78.2 cm³/mol. The zero-order chi connectivity index (χ0) is 14.4. The van der Waals surface area contributed by atoms with Crippen LogP contribution < -0.4 is 10.2 Å². The van der Waals surface area contributed by atoms with Crippen LogP contribution in [0.2, 0.25) is 0 Å². The van der Waals surface area contributed by atoms with E-state index in [4.69, 9.17) is 4.74 Å². The molecule has 0 aromatic heterocycles. The number of nitrogens with one attached hydrogen (secondary N) is 1. The van der Waals surface area contributed by atoms with Gasteiger partial charge in [0.1, 0.15) is 5.69 Å². The van der Waals surface area contributed by atoms with E-state index in [2.05, 4.69) is 5.32 Å². The fraction of sp³-hybridized carbons (Fsp3) is 0.571. The van der Waals surface area contributed by atoms with Crippen molar-refractivity contribution in [3.63, 3.8) is 0 Å². The van der Waals surface area contributed by atoms with Crippen molar-refractivity contribution >= 4 is 11.4 Å². The first kappa shape index (κ1) is 14.7. The molecule has 1 aliphatic heterocycles. The minimum atomic E-state index is -0.322. The highest BCUT2D eigenvalue weighted by molar-refractivity contribution is 5.63. The molecule has 1 fully saturated rings. The third kappa shape index (κ3) is 3.68. The molecule has 0 spiro atoms. The summed E-state index contributed by atoms with van der Waals surface area (Å²) in [6.07, 6.45) is 2.28. The van der Waals surface area contributed by atoms with E-state index in [1.54, 1.807) is 19.2 Å². The van der Waals surface area contributed by atoms with E-state index < -0.39 is 0 Å². The molecule has 1 aromatic rings. The maximum Gasteiger partial charge on any atom is 0.292 e. The van der Waals surface area contributed by atoms with Crippen molar-refractivity contribution in [1.82, 2.24) is 5.32 Å². The summed E-state index contributed by atoms with van der Waals surface area (Å²) in [7, 11) is 1.64. The molecule has 1 aromatic carbocycles. The number of hydrogen-bond acceptors (Lipinski definition) is 5. The first-order chi connectivity index (χ1) is 9.72. The van der Waals surface area contributed by atoms with Crippen LogP contribution in [0.1, 0.15) is 12.8 Å².